The van der Waals surface area contributed by atoms with E-state index in [0.717, 1.165) is 4.90 Å². The molecule has 0 fully saturated rings. The highest BCUT2D eigenvalue weighted by atomic mass is 35.5. The first-order chi connectivity index (χ1) is 8.00. The summed E-state index contributed by atoms with van der Waals surface area (Å²) in [6, 6.07) is 6.61. The molecule has 0 heterocycles. The van der Waals surface area contributed by atoms with Gasteiger partial charge in [-0.15, -0.1) is 24.2 Å². The van der Waals surface area contributed by atoms with Crippen molar-refractivity contribution < 1.29 is 9.59 Å². The molecule has 1 rings (SSSR count). The van der Waals surface area contributed by atoms with Crippen LogP contribution in [0.1, 0.15) is 6.92 Å². The van der Waals surface area contributed by atoms with E-state index in [4.69, 9.17) is 11.5 Å². The number of anilines is 1. The molecule has 2 amide bonds. The van der Waals surface area contributed by atoms with Crippen LogP contribution in [0.4, 0.5) is 5.69 Å². The fraction of sp³-hybridized carbons (Fsp3) is 0.273. The third-order valence-corrected chi connectivity index (χ3v) is 3.02. The molecule has 0 aromatic heterocycles. The average Bonchev–Trinajstić information content (AvgIpc) is 2.27. The second kappa shape index (κ2) is 7.97. The van der Waals surface area contributed by atoms with E-state index in [1.54, 1.807) is 19.1 Å². The number of carbonyl (C=O) groups excluding carboxylic acids is 2. The Bertz CT molecular complexity index is 427. The molecule has 7 heteroatoms. The summed E-state index contributed by atoms with van der Waals surface area (Å²) in [5, 5.41) is 2.70. The van der Waals surface area contributed by atoms with Crippen LogP contribution in [0.15, 0.2) is 29.2 Å². The Morgan fingerprint density at radius 3 is 2.56 bits per heavy atom. The van der Waals surface area contributed by atoms with Crippen LogP contribution in [0.5, 0.6) is 0 Å². The minimum absolute atomic E-state index is 0. The predicted octanol–water partition coefficient (Wildman–Crippen LogP) is 0.971. The van der Waals surface area contributed by atoms with Gasteiger partial charge < -0.3 is 16.8 Å². The van der Waals surface area contributed by atoms with E-state index in [1.165, 1.54) is 11.8 Å². The molecular formula is C11H16ClN3O2S. The summed E-state index contributed by atoms with van der Waals surface area (Å²) in [5.74, 6) is -0.495. The molecule has 1 atom stereocenters. The van der Waals surface area contributed by atoms with Crippen LogP contribution in [0.25, 0.3) is 0 Å². The van der Waals surface area contributed by atoms with Crippen molar-refractivity contribution in [2.75, 3.05) is 11.1 Å². The fourth-order valence-electron chi connectivity index (χ4n) is 1.09. The second-order valence-corrected chi connectivity index (χ2v) is 4.55. The molecule has 0 saturated heterocycles. The van der Waals surface area contributed by atoms with Crippen molar-refractivity contribution in [2.24, 2.45) is 11.5 Å². The van der Waals surface area contributed by atoms with Gasteiger partial charge >= 0.3 is 0 Å². The van der Waals surface area contributed by atoms with E-state index < -0.39 is 11.9 Å². The van der Waals surface area contributed by atoms with Gasteiger partial charge in [0.05, 0.1) is 17.5 Å². The average molecular weight is 290 g/mol. The number of para-hydroxylation sites is 1. The van der Waals surface area contributed by atoms with Gasteiger partial charge in [0.15, 0.2) is 0 Å². The first-order valence-corrected chi connectivity index (χ1v) is 6.06. The van der Waals surface area contributed by atoms with Gasteiger partial charge in [-0.2, -0.15) is 0 Å². The molecule has 5 N–H and O–H groups in total. The highest BCUT2D eigenvalue weighted by Crippen LogP contribution is 2.26. The van der Waals surface area contributed by atoms with E-state index in [0.29, 0.717) is 5.69 Å². The number of nitrogens with two attached hydrogens (primary N) is 2. The van der Waals surface area contributed by atoms with Gasteiger partial charge in [0.1, 0.15) is 0 Å². The molecule has 0 aliphatic heterocycles. The van der Waals surface area contributed by atoms with Gasteiger partial charge in [0.25, 0.3) is 0 Å². The van der Waals surface area contributed by atoms with Crippen molar-refractivity contribution in [1.82, 2.24) is 0 Å². The lowest BCUT2D eigenvalue weighted by atomic mass is 10.3. The summed E-state index contributed by atoms with van der Waals surface area (Å²) < 4.78 is 0. The normalized spacial score (nSPS) is 11.2. The topological polar surface area (TPSA) is 98.2 Å². The Hall–Kier alpha value is -1.24. The molecule has 0 spiro atoms. The minimum Gasteiger partial charge on any atom is -0.369 e. The number of rotatable bonds is 5. The van der Waals surface area contributed by atoms with Crippen LogP contribution in [-0.2, 0) is 9.59 Å². The van der Waals surface area contributed by atoms with E-state index in [1.807, 2.05) is 12.1 Å². The predicted molar refractivity (Wildman–Crippen MR) is 75.9 cm³/mol. The lowest BCUT2D eigenvalue weighted by Crippen LogP contribution is -2.32. The molecule has 5 nitrogen and oxygen atoms in total. The Kier molecular flexibility index (Phi) is 7.42. The van der Waals surface area contributed by atoms with Crippen LogP contribution in [0.3, 0.4) is 0 Å². The van der Waals surface area contributed by atoms with Gasteiger partial charge in [0.2, 0.25) is 11.8 Å². The van der Waals surface area contributed by atoms with E-state index >= 15 is 0 Å². The third-order valence-electron chi connectivity index (χ3n) is 1.93. The molecular weight excluding hydrogens is 274 g/mol. The van der Waals surface area contributed by atoms with Gasteiger partial charge in [0, 0.05) is 4.90 Å². The molecule has 0 radical (unpaired) electrons. The van der Waals surface area contributed by atoms with Crippen LogP contribution in [0.2, 0.25) is 0 Å². The number of primary amides is 1. The monoisotopic (exact) mass is 289 g/mol. The Morgan fingerprint density at radius 2 is 2.00 bits per heavy atom. The fourth-order valence-corrected chi connectivity index (χ4v) is 1.84. The number of hydrogen-bond donors (Lipinski definition) is 3. The van der Waals surface area contributed by atoms with Crippen molar-refractivity contribution in [2.45, 2.75) is 17.9 Å². The van der Waals surface area contributed by atoms with Gasteiger partial charge in [-0.1, -0.05) is 12.1 Å². The smallest absolute Gasteiger partial charge is 0.241 e. The van der Waals surface area contributed by atoms with Crippen LogP contribution in [-0.4, -0.2) is 23.6 Å². The molecule has 0 saturated carbocycles. The number of amides is 2. The molecule has 1 aromatic rings. The number of halogens is 1. The lowest BCUT2D eigenvalue weighted by Gasteiger charge is -2.11. The zero-order valence-corrected chi connectivity index (χ0v) is 11.5. The van der Waals surface area contributed by atoms with Crippen LogP contribution in [0, 0.1) is 0 Å². The molecule has 0 bridgehead atoms. The van der Waals surface area contributed by atoms with Crippen molar-refractivity contribution in [1.29, 1.82) is 0 Å². The van der Waals surface area contributed by atoms with Crippen molar-refractivity contribution in [3.63, 3.8) is 0 Å². The molecule has 1 unspecified atom stereocenters. The molecule has 0 aliphatic rings. The van der Waals surface area contributed by atoms with E-state index in [2.05, 4.69) is 5.32 Å². The van der Waals surface area contributed by atoms with E-state index in [-0.39, 0.29) is 24.1 Å². The highest BCUT2D eigenvalue weighted by molar-refractivity contribution is 8.00. The number of nitrogens with one attached hydrogen (secondary N) is 1. The van der Waals surface area contributed by atoms with Gasteiger partial charge in [-0.05, 0) is 19.1 Å². The number of carbonyl (C=O) groups is 2. The lowest BCUT2D eigenvalue weighted by molar-refractivity contribution is -0.117. The van der Waals surface area contributed by atoms with Crippen LogP contribution < -0.4 is 16.8 Å². The molecule has 100 valence electrons. The maximum absolute atomic E-state index is 11.5. The Labute approximate surface area is 116 Å². The highest BCUT2D eigenvalue weighted by Gasteiger charge is 2.10. The zero-order valence-electron chi connectivity index (χ0n) is 9.88. The maximum Gasteiger partial charge on any atom is 0.241 e. The quantitative estimate of drug-likeness (QED) is 0.704. The van der Waals surface area contributed by atoms with Gasteiger partial charge in [-0.3, -0.25) is 9.59 Å². The summed E-state index contributed by atoms with van der Waals surface area (Å²) in [7, 11) is 0. The first kappa shape index (κ1) is 16.8. The summed E-state index contributed by atoms with van der Waals surface area (Å²) >= 11 is 1.28. The molecule has 0 aliphatic carbocycles. The SMILES string of the molecule is CC(N)C(=O)Nc1ccccc1SCC(N)=O.Cl. The number of thioether (sulfide) groups is 1. The number of benzene rings is 1. The molecule has 18 heavy (non-hydrogen) atoms. The summed E-state index contributed by atoms with van der Waals surface area (Å²) in [6.45, 7) is 1.61. The Balaban J connectivity index is 0.00000289. The summed E-state index contributed by atoms with van der Waals surface area (Å²) in [4.78, 5) is 23.0. The van der Waals surface area contributed by atoms with Crippen LogP contribution >= 0.6 is 24.2 Å². The van der Waals surface area contributed by atoms with E-state index in [9.17, 15) is 9.59 Å². The zero-order chi connectivity index (χ0) is 12.8. The number of hydrogen-bond acceptors (Lipinski definition) is 4. The third kappa shape index (κ3) is 5.39. The first-order valence-electron chi connectivity index (χ1n) is 5.07. The summed E-state index contributed by atoms with van der Waals surface area (Å²) in [6.07, 6.45) is 0. The maximum atomic E-state index is 11.5. The van der Waals surface area contributed by atoms with Crippen molar-refractivity contribution in [3.8, 4) is 0 Å². The van der Waals surface area contributed by atoms with Gasteiger partial charge in [-0.25, -0.2) is 0 Å². The standard InChI is InChI=1S/C11H15N3O2S.ClH/c1-7(12)11(16)14-8-4-2-3-5-9(8)17-6-10(13)15;/h2-5,7H,6,12H2,1H3,(H2,13,15)(H,14,16);1H. The van der Waals surface area contributed by atoms with Crippen molar-refractivity contribution in [3.05, 3.63) is 24.3 Å². The molecule has 1 aromatic carbocycles. The van der Waals surface area contributed by atoms with Crippen molar-refractivity contribution >= 4 is 41.7 Å². The minimum atomic E-state index is -0.579. The second-order valence-electron chi connectivity index (χ2n) is 3.53. The largest absolute Gasteiger partial charge is 0.369 e. The Morgan fingerprint density at radius 1 is 1.39 bits per heavy atom. The summed E-state index contributed by atoms with van der Waals surface area (Å²) in [5.41, 5.74) is 11.2.